The Bertz CT molecular complexity index is 699. The van der Waals surface area contributed by atoms with E-state index in [2.05, 4.69) is 4.72 Å². The van der Waals surface area contributed by atoms with Crippen molar-refractivity contribution < 1.29 is 26.4 Å². The Morgan fingerprint density at radius 1 is 1.29 bits per heavy atom. The molecule has 6 nitrogen and oxygen atoms in total. The van der Waals surface area contributed by atoms with Crippen molar-refractivity contribution in [3.05, 3.63) is 29.8 Å². The molecular formula is C14H18F3N3O3S. The number of halogens is 3. The number of primary amides is 1. The maximum Gasteiger partial charge on any atom is 0.416 e. The molecule has 1 aromatic rings. The van der Waals surface area contributed by atoms with Gasteiger partial charge in [-0.1, -0.05) is 6.07 Å². The molecule has 1 aliphatic rings. The van der Waals surface area contributed by atoms with Crippen LogP contribution in [-0.2, 0) is 21.0 Å². The number of amides is 1. The summed E-state index contributed by atoms with van der Waals surface area (Å²) >= 11 is 0. The highest BCUT2D eigenvalue weighted by atomic mass is 32.2. The summed E-state index contributed by atoms with van der Waals surface area (Å²) in [7, 11) is -4.04. The van der Waals surface area contributed by atoms with Crippen LogP contribution in [0.5, 0.6) is 0 Å². The van der Waals surface area contributed by atoms with Gasteiger partial charge in [0, 0.05) is 19.1 Å². The van der Waals surface area contributed by atoms with Crippen molar-refractivity contribution in [3.8, 4) is 0 Å². The number of benzene rings is 1. The van der Waals surface area contributed by atoms with Gasteiger partial charge >= 0.3 is 6.18 Å². The summed E-state index contributed by atoms with van der Waals surface area (Å²) in [6.07, 6.45) is -3.71. The summed E-state index contributed by atoms with van der Waals surface area (Å²) in [6, 6.07) is 3.23. The first-order chi connectivity index (χ1) is 11.1. The summed E-state index contributed by atoms with van der Waals surface area (Å²) in [5.41, 5.74) is 4.09. The van der Waals surface area contributed by atoms with Crippen molar-refractivity contribution in [3.63, 3.8) is 0 Å². The zero-order valence-corrected chi connectivity index (χ0v) is 13.5. The second-order valence-electron chi connectivity index (χ2n) is 5.66. The fourth-order valence-corrected chi connectivity index (χ4v) is 3.91. The number of hydrogen-bond donors (Lipinski definition) is 2. The molecule has 0 radical (unpaired) electrons. The number of alkyl halides is 3. The van der Waals surface area contributed by atoms with Crippen LogP contribution in [0, 0.1) is 0 Å². The van der Waals surface area contributed by atoms with Gasteiger partial charge in [-0.2, -0.15) is 13.2 Å². The molecule has 24 heavy (non-hydrogen) atoms. The van der Waals surface area contributed by atoms with Crippen molar-refractivity contribution >= 4 is 15.9 Å². The molecule has 0 saturated carbocycles. The molecule has 1 fully saturated rings. The zero-order valence-electron chi connectivity index (χ0n) is 12.7. The van der Waals surface area contributed by atoms with Gasteiger partial charge in [0.2, 0.25) is 15.9 Å². The lowest BCUT2D eigenvalue weighted by Gasteiger charge is -2.31. The third kappa shape index (κ3) is 4.92. The van der Waals surface area contributed by atoms with Crippen LogP contribution < -0.4 is 10.5 Å². The normalized spacial score (nSPS) is 17.8. The smallest absolute Gasteiger partial charge is 0.369 e. The van der Waals surface area contributed by atoms with Gasteiger partial charge in [0.05, 0.1) is 17.0 Å². The molecule has 1 aliphatic heterocycles. The van der Waals surface area contributed by atoms with E-state index >= 15 is 0 Å². The van der Waals surface area contributed by atoms with Gasteiger partial charge < -0.3 is 5.73 Å². The van der Waals surface area contributed by atoms with Gasteiger partial charge in [-0.3, -0.25) is 9.69 Å². The van der Waals surface area contributed by atoms with Crippen molar-refractivity contribution in [2.45, 2.75) is 30.0 Å². The molecule has 2 rings (SSSR count). The number of nitrogens with one attached hydrogen (secondary N) is 1. The molecular weight excluding hydrogens is 347 g/mol. The third-order valence-electron chi connectivity index (χ3n) is 3.76. The van der Waals surface area contributed by atoms with Gasteiger partial charge in [0.15, 0.2) is 0 Å². The molecule has 0 unspecified atom stereocenters. The van der Waals surface area contributed by atoms with Gasteiger partial charge in [-0.25, -0.2) is 13.1 Å². The second kappa shape index (κ2) is 7.08. The maximum absolute atomic E-state index is 12.7. The zero-order chi connectivity index (χ0) is 18.0. The number of hydrogen-bond acceptors (Lipinski definition) is 4. The van der Waals surface area contributed by atoms with E-state index in [0.29, 0.717) is 32.0 Å². The largest absolute Gasteiger partial charge is 0.416 e. The Hall–Kier alpha value is -1.65. The highest BCUT2D eigenvalue weighted by molar-refractivity contribution is 7.89. The van der Waals surface area contributed by atoms with E-state index in [1.165, 1.54) is 0 Å². The van der Waals surface area contributed by atoms with Crippen LogP contribution in [0.3, 0.4) is 0 Å². The minimum atomic E-state index is -4.61. The number of nitrogens with two attached hydrogens (primary N) is 1. The molecule has 0 atom stereocenters. The van der Waals surface area contributed by atoms with Crippen LogP contribution in [0.25, 0.3) is 0 Å². The van der Waals surface area contributed by atoms with E-state index in [1.807, 2.05) is 0 Å². The minimum Gasteiger partial charge on any atom is -0.369 e. The first kappa shape index (κ1) is 18.7. The lowest BCUT2D eigenvalue weighted by Crippen LogP contribution is -2.46. The summed E-state index contributed by atoms with van der Waals surface area (Å²) in [6.45, 7) is 1.07. The predicted molar refractivity (Wildman–Crippen MR) is 80.4 cm³/mol. The molecule has 1 aromatic carbocycles. The maximum atomic E-state index is 12.7. The Labute approximate surface area is 137 Å². The number of likely N-dealkylation sites (tertiary alicyclic amines) is 1. The Morgan fingerprint density at radius 2 is 1.92 bits per heavy atom. The molecule has 1 heterocycles. The average molecular weight is 365 g/mol. The van der Waals surface area contributed by atoms with E-state index in [1.54, 1.807) is 4.90 Å². The lowest BCUT2D eigenvalue weighted by molar-refractivity contribution is -0.137. The molecule has 0 spiro atoms. The number of rotatable bonds is 5. The standard InChI is InChI=1S/C14H18F3N3O3S/c15-14(16,17)10-2-1-3-12(8-10)24(22,23)19-11-4-6-20(7-5-11)9-13(18)21/h1-3,8,11,19H,4-7,9H2,(H2,18,21). The average Bonchev–Trinajstić information content (AvgIpc) is 2.48. The number of carbonyl (C=O) groups is 1. The minimum absolute atomic E-state index is 0.104. The Kier molecular flexibility index (Phi) is 5.51. The van der Waals surface area contributed by atoms with Crippen LogP contribution in [0.15, 0.2) is 29.2 Å². The lowest BCUT2D eigenvalue weighted by atomic mass is 10.1. The molecule has 0 aromatic heterocycles. The highest BCUT2D eigenvalue weighted by Crippen LogP contribution is 2.30. The van der Waals surface area contributed by atoms with Gasteiger partial charge in [-0.05, 0) is 31.0 Å². The van der Waals surface area contributed by atoms with Crippen molar-refractivity contribution in [2.75, 3.05) is 19.6 Å². The van der Waals surface area contributed by atoms with Gasteiger partial charge in [-0.15, -0.1) is 0 Å². The summed E-state index contributed by atoms with van der Waals surface area (Å²) in [5, 5.41) is 0. The highest BCUT2D eigenvalue weighted by Gasteiger charge is 2.32. The fraction of sp³-hybridized carbons (Fsp3) is 0.500. The molecule has 3 N–H and O–H groups in total. The first-order valence-electron chi connectivity index (χ1n) is 7.28. The van der Waals surface area contributed by atoms with E-state index in [-0.39, 0.29) is 6.54 Å². The van der Waals surface area contributed by atoms with Crippen LogP contribution in [-0.4, -0.2) is 44.9 Å². The van der Waals surface area contributed by atoms with Gasteiger partial charge in [0.25, 0.3) is 0 Å². The van der Waals surface area contributed by atoms with E-state index < -0.39 is 38.6 Å². The third-order valence-corrected chi connectivity index (χ3v) is 5.28. The number of carbonyl (C=O) groups excluding carboxylic acids is 1. The molecule has 1 amide bonds. The number of sulfonamides is 1. The Balaban J connectivity index is 2.04. The van der Waals surface area contributed by atoms with Crippen LogP contribution >= 0.6 is 0 Å². The summed E-state index contributed by atoms with van der Waals surface area (Å²) < 4.78 is 65.1. The summed E-state index contributed by atoms with van der Waals surface area (Å²) in [5.74, 6) is -0.460. The summed E-state index contributed by atoms with van der Waals surface area (Å²) in [4.78, 5) is 12.2. The number of nitrogens with zero attached hydrogens (tertiary/aromatic N) is 1. The van der Waals surface area contributed by atoms with Gasteiger partial charge in [0.1, 0.15) is 0 Å². The van der Waals surface area contributed by atoms with E-state index in [9.17, 15) is 26.4 Å². The van der Waals surface area contributed by atoms with Crippen LogP contribution in [0.4, 0.5) is 13.2 Å². The quantitative estimate of drug-likeness (QED) is 0.812. The van der Waals surface area contributed by atoms with E-state index in [0.717, 1.165) is 18.2 Å². The monoisotopic (exact) mass is 365 g/mol. The predicted octanol–water partition coefficient (Wildman–Crippen LogP) is 0.933. The van der Waals surface area contributed by atoms with E-state index in [4.69, 9.17) is 5.73 Å². The van der Waals surface area contributed by atoms with Crippen molar-refractivity contribution in [1.29, 1.82) is 0 Å². The van der Waals surface area contributed by atoms with Crippen molar-refractivity contribution in [1.82, 2.24) is 9.62 Å². The van der Waals surface area contributed by atoms with Crippen LogP contribution in [0.2, 0.25) is 0 Å². The number of piperidine rings is 1. The molecule has 10 heteroatoms. The molecule has 134 valence electrons. The topological polar surface area (TPSA) is 92.5 Å². The molecule has 0 bridgehead atoms. The van der Waals surface area contributed by atoms with Crippen molar-refractivity contribution in [2.24, 2.45) is 5.73 Å². The fourth-order valence-electron chi connectivity index (χ4n) is 2.56. The molecule has 1 saturated heterocycles. The Morgan fingerprint density at radius 3 is 2.46 bits per heavy atom. The second-order valence-corrected chi connectivity index (χ2v) is 7.38. The first-order valence-corrected chi connectivity index (χ1v) is 8.76. The molecule has 0 aliphatic carbocycles. The SMILES string of the molecule is NC(=O)CN1CCC(NS(=O)(=O)c2cccc(C(F)(F)F)c2)CC1. The van der Waals surface area contributed by atoms with Crippen LogP contribution in [0.1, 0.15) is 18.4 Å².